The van der Waals surface area contributed by atoms with Gasteiger partial charge in [-0.15, -0.1) is 0 Å². The molecule has 0 aromatic heterocycles. The summed E-state index contributed by atoms with van der Waals surface area (Å²) in [6, 6.07) is 80.9. The number of hydrogen-bond acceptors (Lipinski definition) is 2. The average Bonchev–Trinajstić information content (AvgIpc) is 3.57. The maximum absolute atomic E-state index is 2.57. The van der Waals surface area contributed by atoms with Crippen molar-refractivity contribution in [2.24, 2.45) is 0 Å². The minimum Gasteiger partial charge on any atom is -0.310 e. The summed E-state index contributed by atoms with van der Waals surface area (Å²) in [7, 11) is 0. The van der Waals surface area contributed by atoms with Gasteiger partial charge in [0.25, 0.3) is 0 Å². The van der Waals surface area contributed by atoms with E-state index in [9.17, 15) is 0 Å². The Labute approximate surface area is 376 Å². The van der Waals surface area contributed by atoms with Gasteiger partial charge in [0.15, 0.2) is 0 Å². The van der Waals surface area contributed by atoms with Gasteiger partial charge in [-0.2, -0.15) is 0 Å². The lowest BCUT2D eigenvalue weighted by molar-refractivity contribution is 0.634. The fourth-order valence-corrected chi connectivity index (χ4v) is 11.1. The Morgan fingerprint density at radius 2 is 0.891 bits per heavy atom. The summed E-state index contributed by atoms with van der Waals surface area (Å²) in [5, 5.41) is 4.93. The summed E-state index contributed by atoms with van der Waals surface area (Å²) in [5.74, 6) is 0. The molecular formula is C62H48N2. The molecule has 0 saturated carbocycles. The smallest absolute Gasteiger partial charge is 0.0618 e. The normalized spacial score (nSPS) is 14.2. The lowest BCUT2D eigenvalue weighted by Crippen LogP contribution is -2.31. The molecule has 0 fully saturated rings. The maximum atomic E-state index is 2.57. The summed E-state index contributed by atoms with van der Waals surface area (Å²) in [6.07, 6.45) is 0. The van der Waals surface area contributed by atoms with Crippen LogP contribution in [0.15, 0.2) is 218 Å². The molecule has 64 heavy (non-hydrogen) atoms. The maximum Gasteiger partial charge on any atom is 0.0618 e. The van der Waals surface area contributed by atoms with Crippen molar-refractivity contribution in [1.29, 1.82) is 0 Å². The van der Waals surface area contributed by atoms with Gasteiger partial charge in [-0.05, 0) is 115 Å². The van der Waals surface area contributed by atoms with Gasteiger partial charge in [0.1, 0.15) is 0 Å². The fourth-order valence-electron chi connectivity index (χ4n) is 11.1. The number of anilines is 6. The summed E-state index contributed by atoms with van der Waals surface area (Å²) >= 11 is 0. The second-order valence-corrected chi connectivity index (χ2v) is 18.5. The molecule has 0 bridgehead atoms. The number of nitrogens with zero attached hydrogens (tertiary/aromatic N) is 2. The molecule has 0 amide bonds. The minimum atomic E-state index is -0.299. The molecule has 1 aliphatic heterocycles. The van der Waals surface area contributed by atoms with E-state index in [1.54, 1.807) is 0 Å². The molecule has 1 heterocycles. The predicted octanol–water partition coefficient (Wildman–Crippen LogP) is 17.2. The molecule has 0 N–H and O–H groups in total. The SMILES string of the molecule is CC1(C)c2ccccc2-c2ccc(N(c3ccccc3)c3ccc(-c4cccc5c4C(C)(C)c4ccccc4N5c4c(-c5cccc6ccccc56)ccc5ccccc45)cc3)cc21. The van der Waals surface area contributed by atoms with Gasteiger partial charge in [0, 0.05) is 38.8 Å². The second kappa shape index (κ2) is 14.4. The van der Waals surface area contributed by atoms with Gasteiger partial charge < -0.3 is 9.80 Å². The van der Waals surface area contributed by atoms with E-state index in [4.69, 9.17) is 0 Å². The second-order valence-electron chi connectivity index (χ2n) is 18.5. The Bertz CT molecular complexity index is 3440. The topological polar surface area (TPSA) is 6.48 Å². The zero-order valence-electron chi connectivity index (χ0n) is 36.7. The zero-order chi connectivity index (χ0) is 43.2. The van der Waals surface area contributed by atoms with Crippen LogP contribution in [0.1, 0.15) is 49.9 Å². The van der Waals surface area contributed by atoms with Crippen molar-refractivity contribution >= 4 is 55.7 Å². The molecule has 306 valence electrons. The van der Waals surface area contributed by atoms with Crippen LogP contribution in [0, 0.1) is 0 Å². The largest absolute Gasteiger partial charge is 0.310 e. The molecule has 2 aliphatic rings. The van der Waals surface area contributed by atoms with Crippen LogP contribution in [0.4, 0.5) is 34.1 Å². The van der Waals surface area contributed by atoms with Crippen LogP contribution in [-0.4, -0.2) is 0 Å². The third-order valence-electron chi connectivity index (χ3n) is 14.2. The van der Waals surface area contributed by atoms with Crippen molar-refractivity contribution in [1.82, 2.24) is 0 Å². The Morgan fingerprint density at radius 3 is 1.70 bits per heavy atom. The Hall–Kier alpha value is -7.68. The Balaban J connectivity index is 1.03. The van der Waals surface area contributed by atoms with Gasteiger partial charge >= 0.3 is 0 Å². The van der Waals surface area contributed by atoms with Crippen LogP contribution in [0.25, 0.3) is 54.9 Å². The van der Waals surface area contributed by atoms with E-state index in [0.29, 0.717) is 0 Å². The summed E-state index contributed by atoms with van der Waals surface area (Å²) in [4.78, 5) is 4.97. The number of benzene rings is 10. The molecular weight excluding hydrogens is 773 g/mol. The van der Waals surface area contributed by atoms with E-state index in [1.807, 2.05) is 0 Å². The molecule has 0 spiro atoms. The van der Waals surface area contributed by atoms with Crippen LogP contribution < -0.4 is 9.80 Å². The number of para-hydroxylation sites is 2. The number of hydrogen-bond donors (Lipinski definition) is 0. The minimum absolute atomic E-state index is 0.0957. The van der Waals surface area contributed by atoms with Gasteiger partial charge in [-0.3, -0.25) is 0 Å². The van der Waals surface area contributed by atoms with Gasteiger partial charge in [-0.1, -0.05) is 198 Å². The van der Waals surface area contributed by atoms with Crippen molar-refractivity contribution in [3.8, 4) is 33.4 Å². The summed E-state index contributed by atoms with van der Waals surface area (Å²) < 4.78 is 0. The first kappa shape index (κ1) is 38.0. The lowest BCUT2D eigenvalue weighted by atomic mass is 9.70. The van der Waals surface area contributed by atoms with Crippen molar-refractivity contribution in [3.05, 3.63) is 241 Å². The fraction of sp³-hybridized carbons (Fsp3) is 0.0968. The van der Waals surface area contributed by atoms with Crippen LogP contribution >= 0.6 is 0 Å². The van der Waals surface area contributed by atoms with Crippen molar-refractivity contribution in [2.75, 3.05) is 9.80 Å². The molecule has 10 aromatic rings. The molecule has 0 atom stereocenters. The molecule has 10 aromatic carbocycles. The monoisotopic (exact) mass is 820 g/mol. The van der Waals surface area contributed by atoms with E-state index >= 15 is 0 Å². The zero-order valence-corrected chi connectivity index (χ0v) is 36.7. The molecule has 2 nitrogen and oxygen atoms in total. The van der Waals surface area contributed by atoms with Crippen LogP contribution in [0.2, 0.25) is 0 Å². The van der Waals surface area contributed by atoms with E-state index in [0.717, 1.165) is 17.1 Å². The summed E-state index contributed by atoms with van der Waals surface area (Å²) in [6.45, 7) is 9.52. The Kier molecular flexibility index (Phi) is 8.58. The van der Waals surface area contributed by atoms with E-state index in [2.05, 4.69) is 256 Å². The number of rotatable bonds is 6. The average molecular weight is 821 g/mol. The highest BCUT2D eigenvalue weighted by molar-refractivity contribution is 6.11. The van der Waals surface area contributed by atoms with Crippen LogP contribution in [-0.2, 0) is 10.8 Å². The molecule has 1 aliphatic carbocycles. The highest BCUT2D eigenvalue weighted by atomic mass is 15.2. The highest BCUT2D eigenvalue weighted by Gasteiger charge is 2.40. The van der Waals surface area contributed by atoms with Crippen molar-refractivity contribution in [2.45, 2.75) is 38.5 Å². The van der Waals surface area contributed by atoms with E-state index in [-0.39, 0.29) is 10.8 Å². The van der Waals surface area contributed by atoms with E-state index < -0.39 is 0 Å². The highest BCUT2D eigenvalue weighted by Crippen LogP contribution is 2.58. The molecule has 0 unspecified atom stereocenters. The van der Waals surface area contributed by atoms with Crippen molar-refractivity contribution < 1.29 is 0 Å². The first-order chi connectivity index (χ1) is 31.3. The first-order valence-electron chi connectivity index (χ1n) is 22.5. The van der Waals surface area contributed by atoms with Crippen LogP contribution in [0.3, 0.4) is 0 Å². The van der Waals surface area contributed by atoms with Gasteiger partial charge in [0.05, 0.1) is 17.1 Å². The molecule has 0 radical (unpaired) electrons. The van der Waals surface area contributed by atoms with Gasteiger partial charge in [0.2, 0.25) is 0 Å². The van der Waals surface area contributed by atoms with Gasteiger partial charge in [-0.25, -0.2) is 0 Å². The standard InChI is InChI=1S/C62H48N2/c1-61(2)54-28-13-12-25-51(54)52-39-37-46(40-56(52)61)63(44-21-6-5-7-22-44)45-35-32-43(33-36-45)48-26-17-31-58-59(48)62(3,4)55-29-14-15-30-57(55)64(58)60-49-24-11-9-19-42(49)34-38-53(60)50-27-16-20-41-18-8-10-23-47(41)50/h5-40H,1-4H3. The molecule has 12 rings (SSSR count). The van der Waals surface area contributed by atoms with Crippen LogP contribution in [0.5, 0.6) is 0 Å². The summed E-state index contributed by atoms with van der Waals surface area (Å²) in [5.41, 5.74) is 19.5. The quantitative estimate of drug-likeness (QED) is 0.165. The Morgan fingerprint density at radius 1 is 0.344 bits per heavy atom. The molecule has 2 heteroatoms. The number of fused-ring (bicyclic) bond motifs is 7. The lowest BCUT2D eigenvalue weighted by Gasteiger charge is -2.44. The van der Waals surface area contributed by atoms with E-state index in [1.165, 1.54) is 94.2 Å². The van der Waals surface area contributed by atoms with Crippen molar-refractivity contribution in [3.63, 3.8) is 0 Å². The third kappa shape index (κ3) is 5.72. The predicted molar refractivity (Wildman–Crippen MR) is 271 cm³/mol. The third-order valence-corrected chi connectivity index (χ3v) is 14.2. The molecule has 0 saturated heterocycles. The first-order valence-corrected chi connectivity index (χ1v) is 22.5.